The molecule has 1 heterocycles. The van der Waals surface area contributed by atoms with Crippen LogP contribution in [0.3, 0.4) is 0 Å². The van der Waals surface area contributed by atoms with Crippen LogP contribution in [0.15, 0.2) is 16.6 Å². The van der Waals surface area contributed by atoms with Gasteiger partial charge < -0.3 is 10.2 Å². The number of rotatable bonds is 0. The van der Waals surface area contributed by atoms with Crippen LogP contribution >= 0.6 is 15.9 Å². The molecule has 3 heteroatoms. The maximum atomic E-state index is 3.58. The van der Waals surface area contributed by atoms with Crippen LogP contribution < -0.4 is 10.2 Å². The average molecular weight is 283 g/mol. The Labute approximate surface area is 106 Å². The number of halogens is 1. The van der Waals surface area contributed by atoms with Gasteiger partial charge in [-0.05, 0) is 30.0 Å². The zero-order valence-electron chi connectivity index (χ0n) is 10.4. The third kappa shape index (κ3) is 2.19. The fourth-order valence-corrected chi connectivity index (χ4v) is 2.93. The molecule has 0 bridgehead atoms. The molecule has 0 aromatic heterocycles. The molecule has 1 N–H and O–H groups in total. The summed E-state index contributed by atoms with van der Waals surface area (Å²) in [5.41, 5.74) is 4.16. The van der Waals surface area contributed by atoms with Crippen molar-refractivity contribution in [2.75, 3.05) is 30.4 Å². The van der Waals surface area contributed by atoms with Crippen LogP contribution in [0.5, 0.6) is 0 Å². The molecule has 1 aliphatic heterocycles. The Hall–Kier alpha value is -0.700. The Bertz CT molecular complexity index is 413. The molecule has 0 radical (unpaired) electrons. The SMILES string of the molecule is Cc1cc(Br)cc2c1NCC(C)(C)CN2C. The van der Waals surface area contributed by atoms with Gasteiger partial charge in [-0.2, -0.15) is 0 Å². The van der Waals surface area contributed by atoms with Crippen molar-refractivity contribution in [1.82, 2.24) is 0 Å². The highest BCUT2D eigenvalue weighted by Gasteiger charge is 2.26. The van der Waals surface area contributed by atoms with Gasteiger partial charge in [0, 0.05) is 24.6 Å². The van der Waals surface area contributed by atoms with E-state index < -0.39 is 0 Å². The minimum Gasteiger partial charge on any atom is -0.383 e. The normalized spacial score (nSPS) is 18.7. The van der Waals surface area contributed by atoms with Gasteiger partial charge in [-0.1, -0.05) is 29.8 Å². The molecule has 0 saturated heterocycles. The van der Waals surface area contributed by atoms with Crippen molar-refractivity contribution in [3.05, 3.63) is 22.2 Å². The summed E-state index contributed by atoms with van der Waals surface area (Å²) < 4.78 is 1.15. The molecule has 0 atom stereocenters. The number of fused-ring (bicyclic) bond motifs is 1. The Morgan fingerprint density at radius 1 is 1.38 bits per heavy atom. The average Bonchev–Trinajstić information content (AvgIpc) is 2.23. The first-order valence-corrected chi connectivity index (χ1v) is 6.43. The van der Waals surface area contributed by atoms with Crippen LogP contribution in [0, 0.1) is 12.3 Å². The van der Waals surface area contributed by atoms with E-state index >= 15 is 0 Å². The molecule has 16 heavy (non-hydrogen) atoms. The third-order valence-corrected chi connectivity index (χ3v) is 3.56. The van der Waals surface area contributed by atoms with E-state index in [9.17, 15) is 0 Å². The number of hydrogen-bond acceptors (Lipinski definition) is 2. The molecule has 0 saturated carbocycles. The second kappa shape index (κ2) is 3.95. The summed E-state index contributed by atoms with van der Waals surface area (Å²) in [7, 11) is 2.17. The van der Waals surface area contributed by atoms with Gasteiger partial charge in [-0.15, -0.1) is 0 Å². The van der Waals surface area contributed by atoms with Crippen molar-refractivity contribution >= 4 is 27.3 Å². The number of aryl methyl sites for hydroxylation is 1. The quantitative estimate of drug-likeness (QED) is 0.782. The number of hydrogen-bond donors (Lipinski definition) is 1. The van der Waals surface area contributed by atoms with E-state index in [0.29, 0.717) is 5.41 Å². The molecular formula is C13H19BrN2. The highest BCUT2D eigenvalue weighted by Crippen LogP contribution is 2.37. The first-order valence-electron chi connectivity index (χ1n) is 5.64. The highest BCUT2D eigenvalue weighted by atomic mass is 79.9. The Morgan fingerprint density at radius 3 is 2.75 bits per heavy atom. The molecular weight excluding hydrogens is 264 g/mol. The van der Waals surface area contributed by atoms with Crippen LogP contribution in [0.25, 0.3) is 0 Å². The van der Waals surface area contributed by atoms with Crippen LogP contribution in [-0.2, 0) is 0 Å². The number of nitrogens with one attached hydrogen (secondary N) is 1. The fraction of sp³-hybridized carbons (Fsp3) is 0.538. The van der Waals surface area contributed by atoms with Crippen LogP contribution in [0.2, 0.25) is 0 Å². The molecule has 2 nitrogen and oxygen atoms in total. The smallest absolute Gasteiger partial charge is 0.0613 e. The first-order chi connectivity index (χ1) is 7.39. The summed E-state index contributed by atoms with van der Waals surface area (Å²) >= 11 is 3.57. The second-order valence-corrected chi connectivity index (χ2v) is 6.41. The summed E-state index contributed by atoms with van der Waals surface area (Å²) in [6.07, 6.45) is 0. The van der Waals surface area contributed by atoms with E-state index in [-0.39, 0.29) is 0 Å². The standard InChI is InChI=1S/C13H19BrN2/c1-9-5-10(14)6-11-12(9)15-7-13(2,3)8-16(11)4/h5-6,15H,7-8H2,1-4H3. The minimum atomic E-state index is 0.298. The molecule has 0 spiro atoms. The maximum absolute atomic E-state index is 3.58. The Morgan fingerprint density at radius 2 is 2.06 bits per heavy atom. The lowest BCUT2D eigenvalue weighted by atomic mass is 9.93. The third-order valence-electron chi connectivity index (χ3n) is 3.10. The molecule has 0 aliphatic carbocycles. The van der Waals surface area contributed by atoms with E-state index in [1.165, 1.54) is 16.9 Å². The van der Waals surface area contributed by atoms with Gasteiger partial charge >= 0.3 is 0 Å². The minimum absolute atomic E-state index is 0.298. The molecule has 88 valence electrons. The van der Waals surface area contributed by atoms with Crippen LogP contribution in [0.1, 0.15) is 19.4 Å². The van der Waals surface area contributed by atoms with Gasteiger partial charge in [-0.25, -0.2) is 0 Å². The highest BCUT2D eigenvalue weighted by molar-refractivity contribution is 9.10. The Balaban J connectivity index is 2.49. The van der Waals surface area contributed by atoms with Crippen molar-refractivity contribution in [1.29, 1.82) is 0 Å². The van der Waals surface area contributed by atoms with E-state index in [0.717, 1.165) is 17.6 Å². The van der Waals surface area contributed by atoms with Crippen molar-refractivity contribution in [2.45, 2.75) is 20.8 Å². The van der Waals surface area contributed by atoms with Gasteiger partial charge in [0.25, 0.3) is 0 Å². The predicted octanol–water partition coefficient (Wildman–Crippen LogP) is 3.65. The fourth-order valence-electron chi connectivity index (χ4n) is 2.37. The summed E-state index contributed by atoms with van der Waals surface area (Å²) in [6, 6.07) is 4.36. The molecule has 1 aromatic rings. The molecule has 0 amide bonds. The van der Waals surface area contributed by atoms with Crippen molar-refractivity contribution < 1.29 is 0 Å². The van der Waals surface area contributed by atoms with E-state index in [2.05, 4.69) is 66.1 Å². The zero-order valence-corrected chi connectivity index (χ0v) is 12.0. The predicted molar refractivity (Wildman–Crippen MR) is 74.4 cm³/mol. The lowest BCUT2D eigenvalue weighted by Crippen LogP contribution is -2.33. The van der Waals surface area contributed by atoms with Gasteiger partial charge in [0.15, 0.2) is 0 Å². The molecule has 1 aromatic carbocycles. The van der Waals surface area contributed by atoms with Crippen LogP contribution in [-0.4, -0.2) is 20.1 Å². The summed E-state index contributed by atoms with van der Waals surface area (Å²) in [5, 5.41) is 3.58. The number of anilines is 2. The molecule has 1 aliphatic rings. The van der Waals surface area contributed by atoms with Crippen molar-refractivity contribution in [3.8, 4) is 0 Å². The number of benzene rings is 1. The maximum Gasteiger partial charge on any atom is 0.0613 e. The lowest BCUT2D eigenvalue weighted by Gasteiger charge is -2.27. The van der Waals surface area contributed by atoms with Crippen LogP contribution in [0.4, 0.5) is 11.4 Å². The monoisotopic (exact) mass is 282 g/mol. The summed E-state index contributed by atoms with van der Waals surface area (Å²) in [4.78, 5) is 2.34. The molecule has 0 unspecified atom stereocenters. The number of nitrogens with zero attached hydrogens (tertiary/aromatic N) is 1. The van der Waals surface area contributed by atoms with Gasteiger partial charge in [0.1, 0.15) is 0 Å². The first kappa shape index (κ1) is 11.8. The topological polar surface area (TPSA) is 15.3 Å². The Kier molecular flexibility index (Phi) is 2.91. The molecule has 2 rings (SSSR count). The second-order valence-electron chi connectivity index (χ2n) is 5.49. The summed E-state index contributed by atoms with van der Waals surface area (Å²) in [6.45, 7) is 8.85. The van der Waals surface area contributed by atoms with Gasteiger partial charge in [0.05, 0.1) is 11.4 Å². The van der Waals surface area contributed by atoms with Crippen molar-refractivity contribution in [3.63, 3.8) is 0 Å². The summed E-state index contributed by atoms with van der Waals surface area (Å²) in [5.74, 6) is 0. The van der Waals surface area contributed by atoms with E-state index in [1.54, 1.807) is 0 Å². The van der Waals surface area contributed by atoms with Gasteiger partial charge in [-0.3, -0.25) is 0 Å². The van der Waals surface area contributed by atoms with E-state index in [4.69, 9.17) is 0 Å². The lowest BCUT2D eigenvalue weighted by molar-refractivity contribution is 0.403. The van der Waals surface area contributed by atoms with Crippen molar-refractivity contribution in [2.24, 2.45) is 5.41 Å². The van der Waals surface area contributed by atoms with E-state index in [1.807, 2.05) is 0 Å². The van der Waals surface area contributed by atoms with Gasteiger partial charge in [0.2, 0.25) is 0 Å². The zero-order chi connectivity index (χ0) is 11.9. The molecule has 0 fully saturated rings. The largest absolute Gasteiger partial charge is 0.383 e.